The van der Waals surface area contributed by atoms with Crippen LogP contribution in [-0.2, 0) is 4.74 Å². The zero-order valence-electron chi connectivity index (χ0n) is 22.1. The minimum absolute atomic E-state index is 0.154. The van der Waals surface area contributed by atoms with Crippen LogP contribution in [0.2, 0.25) is 0 Å². The maximum Gasteiger partial charge on any atom is 0.318 e. The summed E-state index contributed by atoms with van der Waals surface area (Å²) in [7, 11) is 0. The molecule has 2 aliphatic carbocycles. The number of likely N-dealkylation sites (tertiary alicyclic amines) is 1. The van der Waals surface area contributed by atoms with Gasteiger partial charge in [-0.1, -0.05) is 19.3 Å². The number of urea groups is 1. The van der Waals surface area contributed by atoms with Crippen molar-refractivity contribution in [1.29, 1.82) is 0 Å². The molecule has 38 heavy (non-hydrogen) atoms. The topological polar surface area (TPSA) is 137 Å². The second kappa shape index (κ2) is 11.4. The maximum absolute atomic E-state index is 13.8. The van der Waals surface area contributed by atoms with Gasteiger partial charge in [0.2, 0.25) is 5.95 Å². The number of carbonyl (C=O) groups is 1. The molecule has 206 valence electrons. The Morgan fingerprint density at radius 3 is 2.61 bits per heavy atom. The molecule has 11 nitrogen and oxygen atoms in total. The van der Waals surface area contributed by atoms with Crippen molar-refractivity contribution < 1.29 is 9.53 Å². The summed E-state index contributed by atoms with van der Waals surface area (Å²) in [4.78, 5) is 26.7. The molecule has 2 aliphatic heterocycles. The van der Waals surface area contributed by atoms with Crippen LogP contribution < -0.4 is 16.4 Å². The fourth-order valence-corrected chi connectivity index (χ4v) is 6.76. The van der Waals surface area contributed by atoms with Gasteiger partial charge < -0.3 is 26.0 Å². The smallest absolute Gasteiger partial charge is 0.318 e. The molecule has 2 unspecified atom stereocenters. The van der Waals surface area contributed by atoms with E-state index in [-0.39, 0.29) is 24.1 Å². The van der Waals surface area contributed by atoms with Crippen molar-refractivity contribution in [2.24, 2.45) is 0 Å². The fourth-order valence-electron chi connectivity index (χ4n) is 6.76. The van der Waals surface area contributed by atoms with E-state index >= 15 is 0 Å². The molecular formula is C27H41N9O2. The van der Waals surface area contributed by atoms with Crippen molar-refractivity contribution in [1.82, 2.24) is 35.3 Å². The Morgan fingerprint density at radius 2 is 1.87 bits per heavy atom. The third-order valence-corrected chi connectivity index (χ3v) is 8.96. The van der Waals surface area contributed by atoms with Crippen LogP contribution in [-0.4, -0.2) is 86.5 Å². The van der Waals surface area contributed by atoms with Gasteiger partial charge in [-0.2, -0.15) is 10.1 Å². The molecule has 2 atom stereocenters. The first-order chi connectivity index (χ1) is 18.6. The van der Waals surface area contributed by atoms with Crippen LogP contribution in [0.25, 0.3) is 0 Å². The summed E-state index contributed by atoms with van der Waals surface area (Å²) in [6, 6.07) is 5.43. The van der Waals surface area contributed by atoms with Crippen LogP contribution in [0.4, 0.5) is 22.4 Å². The lowest BCUT2D eigenvalue weighted by Gasteiger charge is -2.43. The molecule has 4 aliphatic rings. The number of hydrogen-bond donors (Lipinski definition) is 4. The minimum atomic E-state index is 0.154. The number of ether oxygens (including phenoxy) is 1. The van der Waals surface area contributed by atoms with Gasteiger partial charge in [0, 0.05) is 55.1 Å². The van der Waals surface area contributed by atoms with Crippen molar-refractivity contribution in [3.63, 3.8) is 0 Å². The molecule has 5 N–H and O–H groups in total. The molecule has 4 fully saturated rings. The number of hydrogen-bond acceptors (Lipinski definition) is 8. The predicted molar refractivity (Wildman–Crippen MR) is 145 cm³/mol. The Labute approximate surface area is 224 Å². The Morgan fingerprint density at radius 1 is 1.05 bits per heavy atom. The Bertz CT molecular complexity index is 1080. The normalized spacial score (nSPS) is 25.7. The van der Waals surface area contributed by atoms with Crippen molar-refractivity contribution in [2.45, 2.75) is 94.3 Å². The highest BCUT2D eigenvalue weighted by molar-refractivity contribution is 5.75. The summed E-state index contributed by atoms with van der Waals surface area (Å²) >= 11 is 0. The van der Waals surface area contributed by atoms with E-state index in [1.165, 1.54) is 19.3 Å². The van der Waals surface area contributed by atoms with E-state index in [1.807, 2.05) is 0 Å². The van der Waals surface area contributed by atoms with Gasteiger partial charge in [0.1, 0.15) is 5.82 Å². The minimum Gasteiger partial charge on any atom is -0.378 e. The molecule has 11 heteroatoms. The standard InChI is InChI=1S/C27H41N9O2/c28-26-29-11-8-24(32-26)31-25-15-23(33-34-25)18-6-7-21(14-18)36(20-4-2-1-3-5-20)27(37)30-19-9-12-35(13-10-19)22-16-38-17-22/h8,11,15,18-22H,1-7,9-10,12-14,16-17H2,(H,30,37)(H4,28,29,31,32,33,34). The SMILES string of the molecule is Nc1nccc(Nc2cc(C3CCC(N(C(=O)NC4CCN(C5COC5)CC4)C4CCCCC4)C3)[nH]n2)n1. The molecule has 0 aromatic carbocycles. The number of nitrogen functional groups attached to an aromatic ring is 1. The van der Waals surface area contributed by atoms with E-state index in [0.29, 0.717) is 29.6 Å². The van der Waals surface area contributed by atoms with Crippen LogP contribution in [0, 0.1) is 0 Å². The summed E-state index contributed by atoms with van der Waals surface area (Å²) in [5.74, 6) is 1.91. The van der Waals surface area contributed by atoms with Gasteiger partial charge in [-0.15, -0.1) is 0 Å². The lowest BCUT2D eigenvalue weighted by molar-refractivity contribution is -0.0717. The van der Waals surface area contributed by atoms with Crippen LogP contribution >= 0.6 is 0 Å². The molecule has 2 amide bonds. The third kappa shape index (κ3) is 5.73. The molecule has 4 heterocycles. The zero-order chi connectivity index (χ0) is 25.9. The number of nitrogens with one attached hydrogen (secondary N) is 3. The van der Waals surface area contributed by atoms with Gasteiger partial charge >= 0.3 is 6.03 Å². The van der Waals surface area contributed by atoms with E-state index < -0.39 is 0 Å². The number of aromatic nitrogens is 4. The molecule has 0 radical (unpaired) electrons. The van der Waals surface area contributed by atoms with Gasteiger partial charge in [-0.05, 0) is 51.0 Å². The van der Waals surface area contributed by atoms with E-state index in [1.54, 1.807) is 12.3 Å². The van der Waals surface area contributed by atoms with E-state index in [2.05, 4.69) is 46.7 Å². The molecular weight excluding hydrogens is 482 g/mol. The van der Waals surface area contributed by atoms with E-state index in [0.717, 1.165) is 76.9 Å². The maximum atomic E-state index is 13.8. The number of anilines is 3. The summed E-state index contributed by atoms with van der Waals surface area (Å²) in [6.45, 7) is 3.81. The van der Waals surface area contributed by atoms with Crippen molar-refractivity contribution in [3.8, 4) is 0 Å². The van der Waals surface area contributed by atoms with Gasteiger partial charge in [0.25, 0.3) is 0 Å². The van der Waals surface area contributed by atoms with Gasteiger partial charge in [-0.3, -0.25) is 10.00 Å². The van der Waals surface area contributed by atoms with Gasteiger partial charge in [0.05, 0.1) is 19.3 Å². The van der Waals surface area contributed by atoms with Crippen LogP contribution in [0.15, 0.2) is 18.3 Å². The number of amides is 2. The molecule has 6 rings (SSSR count). The second-order valence-electron chi connectivity index (χ2n) is 11.4. The Balaban J connectivity index is 1.08. The van der Waals surface area contributed by atoms with Crippen molar-refractivity contribution in [2.75, 3.05) is 37.4 Å². The van der Waals surface area contributed by atoms with E-state index in [4.69, 9.17) is 10.5 Å². The first kappa shape index (κ1) is 25.4. The fraction of sp³-hybridized carbons (Fsp3) is 0.704. The predicted octanol–water partition coefficient (Wildman–Crippen LogP) is 3.37. The Hall–Kier alpha value is -2.92. The quantitative estimate of drug-likeness (QED) is 0.434. The average molecular weight is 524 g/mol. The molecule has 2 saturated carbocycles. The summed E-state index contributed by atoms with van der Waals surface area (Å²) < 4.78 is 5.37. The summed E-state index contributed by atoms with van der Waals surface area (Å²) in [6.07, 6.45) is 12.7. The molecule has 0 spiro atoms. The van der Waals surface area contributed by atoms with Crippen molar-refractivity contribution in [3.05, 3.63) is 24.0 Å². The first-order valence-corrected chi connectivity index (χ1v) is 14.4. The van der Waals surface area contributed by atoms with Crippen LogP contribution in [0.1, 0.15) is 75.8 Å². The van der Waals surface area contributed by atoms with E-state index in [9.17, 15) is 4.79 Å². The van der Waals surface area contributed by atoms with Crippen LogP contribution in [0.5, 0.6) is 0 Å². The average Bonchev–Trinajstić information content (AvgIpc) is 3.55. The zero-order valence-corrected chi connectivity index (χ0v) is 22.1. The third-order valence-electron chi connectivity index (χ3n) is 8.96. The summed E-state index contributed by atoms with van der Waals surface area (Å²) in [5.41, 5.74) is 6.80. The molecule has 2 aromatic heterocycles. The largest absolute Gasteiger partial charge is 0.378 e. The highest BCUT2D eigenvalue weighted by atomic mass is 16.5. The monoisotopic (exact) mass is 523 g/mol. The lowest BCUT2D eigenvalue weighted by Crippen LogP contribution is -2.57. The number of carbonyl (C=O) groups excluding carboxylic acids is 1. The second-order valence-corrected chi connectivity index (χ2v) is 11.4. The molecule has 0 bridgehead atoms. The number of piperidine rings is 1. The summed E-state index contributed by atoms with van der Waals surface area (Å²) in [5, 5.41) is 14.3. The number of rotatable bonds is 7. The van der Waals surface area contributed by atoms with Crippen molar-refractivity contribution >= 4 is 23.6 Å². The van der Waals surface area contributed by atoms with Gasteiger partial charge in [0.15, 0.2) is 5.82 Å². The number of H-pyrrole nitrogens is 1. The lowest BCUT2D eigenvalue weighted by atomic mass is 9.92. The Kier molecular flexibility index (Phi) is 7.64. The van der Waals surface area contributed by atoms with Gasteiger partial charge in [-0.25, -0.2) is 9.78 Å². The highest BCUT2D eigenvalue weighted by Crippen LogP contribution is 2.39. The van der Waals surface area contributed by atoms with Crippen LogP contribution in [0.3, 0.4) is 0 Å². The first-order valence-electron chi connectivity index (χ1n) is 14.4. The number of nitrogens with two attached hydrogens (primary N) is 1. The number of nitrogens with zero attached hydrogens (tertiary/aromatic N) is 5. The molecule has 2 aromatic rings. The highest BCUT2D eigenvalue weighted by Gasteiger charge is 2.39. The molecule has 2 saturated heterocycles. The number of aromatic amines is 1.